The van der Waals surface area contributed by atoms with Crippen molar-refractivity contribution in [1.82, 2.24) is 0 Å². The van der Waals surface area contributed by atoms with E-state index in [9.17, 15) is 14.4 Å². The Morgan fingerprint density at radius 1 is 0.889 bits per heavy atom. The summed E-state index contributed by atoms with van der Waals surface area (Å²) in [5, 5.41) is 33.8. The number of hydrogen-bond acceptors (Lipinski definition) is 4. The van der Waals surface area contributed by atoms with E-state index in [-0.39, 0.29) is 0 Å². The van der Waals surface area contributed by atoms with Gasteiger partial charge in [-0.25, -0.2) is 4.79 Å². The summed E-state index contributed by atoms with van der Waals surface area (Å²) < 4.78 is 0. The fourth-order valence-corrected chi connectivity index (χ4v) is 0.714. The first-order valence-electron chi connectivity index (χ1n) is 3.93. The summed E-state index contributed by atoms with van der Waals surface area (Å²) >= 11 is -3.29. The van der Waals surface area contributed by atoms with Crippen LogP contribution in [0.25, 0.3) is 0 Å². The van der Waals surface area contributed by atoms with Gasteiger partial charge < -0.3 is 20.4 Å². The van der Waals surface area contributed by atoms with Crippen molar-refractivity contribution in [2.45, 2.75) is 18.4 Å². The maximum absolute atomic E-state index is 10.3. The van der Waals surface area contributed by atoms with Crippen LogP contribution in [-0.4, -0.2) is 57.8 Å². The predicted molar refractivity (Wildman–Crippen MR) is 66.3 cm³/mol. The molecule has 18 heavy (non-hydrogen) atoms. The summed E-state index contributed by atoms with van der Waals surface area (Å²) in [5.74, 6) is -5.02. The molecule has 0 heterocycles. The molecule has 106 valence electrons. The molecule has 0 aromatic carbocycles. The topological polar surface area (TPSA) is 132 Å². The first-order chi connectivity index (χ1) is 7.78. The van der Waals surface area contributed by atoms with Crippen LogP contribution in [-0.2, 0) is 14.4 Å². The molecule has 0 aliphatic carbocycles. The van der Waals surface area contributed by atoms with Crippen LogP contribution in [0.3, 0.4) is 0 Å². The first kappa shape index (κ1) is 20.6. The SMILES string of the molecule is O=C(O)CC(O)(CC(=O)O)C(=O)O.[Cl][Sn]([Cl])([Cl])[Cl]. The predicted octanol–water partition coefficient (Wildman–Crippen LogP) is 1.13. The Bertz CT molecular complexity index is 306. The van der Waals surface area contributed by atoms with Gasteiger partial charge in [0.15, 0.2) is 5.60 Å². The molecule has 0 aromatic heterocycles. The molecular formula is C6H8Cl4O7Sn. The number of carbonyl (C=O) groups is 3. The van der Waals surface area contributed by atoms with Gasteiger partial charge in [-0.2, -0.15) is 0 Å². The molecule has 0 aliphatic rings. The van der Waals surface area contributed by atoms with E-state index in [1.54, 1.807) is 0 Å². The number of aliphatic hydroxyl groups is 1. The van der Waals surface area contributed by atoms with E-state index in [4.69, 9.17) is 56.1 Å². The van der Waals surface area contributed by atoms with Crippen molar-refractivity contribution in [3.05, 3.63) is 0 Å². The molecule has 7 nitrogen and oxygen atoms in total. The molecule has 0 amide bonds. The van der Waals surface area contributed by atoms with Gasteiger partial charge in [0.1, 0.15) is 0 Å². The van der Waals surface area contributed by atoms with Crippen LogP contribution in [0.1, 0.15) is 12.8 Å². The molecule has 0 saturated heterocycles. The first-order valence-corrected chi connectivity index (χ1v) is 18.4. The number of rotatable bonds is 5. The molecule has 0 rings (SSSR count). The van der Waals surface area contributed by atoms with Gasteiger partial charge in [-0.3, -0.25) is 9.59 Å². The average molecular weight is 453 g/mol. The second-order valence-corrected chi connectivity index (χ2v) is 28.4. The van der Waals surface area contributed by atoms with Crippen molar-refractivity contribution in [2.75, 3.05) is 0 Å². The van der Waals surface area contributed by atoms with Crippen LogP contribution in [0.2, 0.25) is 0 Å². The Kier molecular flexibility index (Phi) is 9.74. The summed E-state index contributed by atoms with van der Waals surface area (Å²) in [5.41, 5.74) is -2.74. The Morgan fingerprint density at radius 2 is 1.11 bits per heavy atom. The quantitative estimate of drug-likeness (QED) is 0.460. The third-order valence-corrected chi connectivity index (χ3v) is 1.29. The Balaban J connectivity index is 0. The molecular weight excluding hydrogens is 445 g/mol. The molecule has 0 spiro atoms. The number of aliphatic carboxylic acids is 3. The summed E-state index contributed by atoms with van der Waals surface area (Å²) in [4.78, 5) is 30.5. The van der Waals surface area contributed by atoms with Gasteiger partial charge in [-0.15, -0.1) is 0 Å². The molecule has 4 N–H and O–H groups in total. The summed E-state index contributed by atoms with van der Waals surface area (Å²) in [6.45, 7) is 0. The van der Waals surface area contributed by atoms with Gasteiger partial charge in [0.05, 0.1) is 12.8 Å². The second kappa shape index (κ2) is 8.49. The van der Waals surface area contributed by atoms with Crippen LogP contribution < -0.4 is 0 Å². The van der Waals surface area contributed by atoms with Crippen LogP contribution in [0.4, 0.5) is 0 Å². The number of carboxylic acid groups (broad SMARTS) is 3. The van der Waals surface area contributed by atoms with Crippen molar-refractivity contribution in [2.24, 2.45) is 0 Å². The Morgan fingerprint density at radius 3 is 1.22 bits per heavy atom. The monoisotopic (exact) mass is 452 g/mol. The Labute approximate surface area is 120 Å². The van der Waals surface area contributed by atoms with Gasteiger partial charge in [0.25, 0.3) is 0 Å². The van der Waals surface area contributed by atoms with E-state index < -0.39 is 50.2 Å². The molecule has 0 bridgehead atoms. The van der Waals surface area contributed by atoms with Crippen molar-refractivity contribution in [3.8, 4) is 0 Å². The van der Waals surface area contributed by atoms with E-state index in [1.165, 1.54) is 0 Å². The molecule has 0 fully saturated rings. The number of hydrogen-bond donors (Lipinski definition) is 4. The van der Waals surface area contributed by atoms with Gasteiger partial charge in [-0.05, 0) is 0 Å². The Hall–Kier alpha value is 0.329. The summed E-state index contributed by atoms with van der Waals surface area (Å²) in [7, 11) is 20.1. The maximum atomic E-state index is 10.3. The molecule has 0 saturated carbocycles. The summed E-state index contributed by atoms with van der Waals surface area (Å²) in [6.07, 6.45) is -2.29. The van der Waals surface area contributed by atoms with Gasteiger partial charge in [-0.1, -0.05) is 0 Å². The van der Waals surface area contributed by atoms with Crippen LogP contribution in [0, 0.1) is 0 Å². The standard InChI is InChI=1S/C6H8O7.4ClH.Sn/c7-3(8)1-6(13,5(11)12)2-4(9)10;;;;;/h13H,1-2H2,(H,7,8)(H,9,10)(H,11,12);4*1H;/q;;;;;+4/p-4. The zero-order valence-electron chi connectivity index (χ0n) is 8.44. The third-order valence-electron chi connectivity index (χ3n) is 1.29. The van der Waals surface area contributed by atoms with E-state index >= 15 is 0 Å². The zero-order valence-corrected chi connectivity index (χ0v) is 14.3. The van der Waals surface area contributed by atoms with Crippen LogP contribution in [0.5, 0.6) is 0 Å². The molecule has 0 atom stereocenters. The van der Waals surface area contributed by atoms with Gasteiger partial charge in [0.2, 0.25) is 0 Å². The number of carboxylic acids is 3. The van der Waals surface area contributed by atoms with Crippen molar-refractivity contribution < 1.29 is 34.8 Å². The minimum absolute atomic E-state index is 1.14. The molecule has 0 aromatic rings. The van der Waals surface area contributed by atoms with Gasteiger partial charge >= 0.3 is 67.5 Å². The second-order valence-electron chi connectivity index (χ2n) is 2.91. The molecule has 0 radical (unpaired) electrons. The third kappa shape index (κ3) is 14.4. The minimum atomic E-state index is -3.29. The fraction of sp³-hybridized carbons (Fsp3) is 0.500. The molecule has 0 aliphatic heterocycles. The van der Waals surface area contributed by atoms with Crippen LogP contribution >= 0.6 is 35.7 Å². The molecule has 12 heteroatoms. The average Bonchev–Trinajstić information content (AvgIpc) is 1.95. The number of halogens is 4. The van der Waals surface area contributed by atoms with E-state index in [1.807, 2.05) is 0 Å². The van der Waals surface area contributed by atoms with Crippen molar-refractivity contribution >= 4 is 67.5 Å². The fourth-order valence-electron chi connectivity index (χ4n) is 0.714. The van der Waals surface area contributed by atoms with Crippen molar-refractivity contribution in [1.29, 1.82) is 0 Å². The zero-order chi connectivity index (χ0) is 15.1. The van der Waals surface area contributed by atoms with Crippen LogP contribution in [0.15, 0.2) is 0 Å². The summed E-state index contributed by atoms with van der Waals surface area (Å²) in [6, 6.07) is 0. The van der Waals surface area contributed by atoms with Crippen molar-refractivity contribution in [3.63, 3.8) is 0 Å². The van der Waals surface area contributed by atoms with E-state index in [0.717, 1.165) is 0 Å². The van der Waals surface area contributed by atoms with E-state index in [0.29, 0.717) is 0 Å². The normalized spacial score (nSPS) is 11.2. The molecule has 0 unspecified atom stereocenters. The van der Waals surface area contributed by atoms with E-state index in [2.05, 4.69) is 0 Å². The van der Waals surface area contributed by atoms with Gasteiger partial charge in [0, 0.05) is 0 Å².